The van der Waals surface area contributed by atoms with Crippen molar-refractivity contribution in [2.75, 3.05) is 0 Å². The van der Waals surface area contributed by atoms with Crippen molar-refractivity contribution in [2.45, 2.75) is 12.8 Å². The summed E-state index contributed by atoms with van der Waals surface area (Å²) in [6, 6.07) is 8.07. The molecule has 2 aromatic rings. The summed E-state index contributed by atoms with van der Waals surface area (Å²) in [5.74, 6) is 1.93. The van der Waals surface area contributed by atoms with Gasteiger partial charge in [-0.15, -0.1) is 13.2 Å². The van der Waals surface area contributed by atoms with E-state index in [1.54, 1.807) is 0 Å². The van der Waals surface area contributed by atoms with Gasteiger partial charge in [0.05, 0.1) is 0 Å². The lowest BCUT2D eigenvalue weighted by atomic mass is 10.3. The van der Waals surface area contributed by atoms with E-state index in [1.165, 1.54) is 0 Å². The first-order chi connectivity index (χ1) is 8.31. The zero-order valence-electron chi connectivity index (χ0n) is 9.49. The Balaban J connectivity index is 2.02. The summed E-state index contributed by atoms with van der Waals surface area (Å²) in [6.45, 7) is 7.39. The van der Waals surface area contributed by atoms with Gasteiger partial charge in [0.15, 0.2) is 0 Å². The van der Waals surface area contributed by atoms with Crippen molar-refractivity contribution < 1.29 is 30.0 Å². The van der Waals surface area contributed by atoms with Crippen LogP contribution in [0.2, 0.25) is 0 Å². The van der Waals surface area contributed by atoms with E-state index in [-0.39, 0.29) is 21.2 Å². The zero-order chi connectivity index (χ0) is 12.1. The van der Waals surface area contributed by atoms with Crippen LogP contribution in [0.5, 0.6) is 0 Å². The Morgan fingerprint density at radius 1 is 0.882 bits per heavy atom. The molecule has 3 heteroatoms. The zero-order valence-corrected chi connectivity index (χ0v) is 11.6. The molecular formula is C14H14IO2+. The minimum Gasteiger partial charge on any atom is -0.423 e. The number of hydrogen-bond donors (Lipinski definition) is 0. The molecule has 0 atom stereocenters. The first kappa shape index (κ1) is 12.2. The molecule has 0 saturated carbocycles. The van der Waals surface area contributed by atoms with Crippen LogP contribution in [0, 0.1) is 7.53 Å². The van der Waals surface area contributed by atoms with Gasteiger partial charge in [0.1, 0.15) is 11.5 Å². The molecule has 0 bridgehead atoms. The molecule has 0 saturated heterocycles. The van der Waals surface area contributed by atoms with Gasteiger partial charge in [-0.25, -0.2) is 0 Å². The molecule has 2 nitrogen and oxygen atoms in total. The van der Waals surface area contributed by atoms with Gasteiger partial charge in [-0.2, -0.15) is 0 Å². The molecule has 0 unspecified atom stereocenters. The van der Waals surface area contributed by atoms with Crippen molar-refractivity contribution in [3.63, 3.8) is 0 Å². The van der Waals surface area contributed by atoms with Crippen LogP contribution < -0.4 is 21.2 Å². The van der Waals surface area contributed by atoms with E-state index in [2.05, 4.69) is 13.2 Å². The number of allylic oxidation sites excluding steroid dienone is 2. The minimum absolute atomic E-state index is 0.354. The van der Waals surface area contributed by atoms with Gasteiger partial charge in [-0.1, -0.05) is 12.2 Å². The summed E-state index contributed by atoms with van der Waals surface area (Å²) in [6.07, 6.45) is 5.25. The van der Waals surface area contributed by atoms with Gasteiger partial charge in [0.25, 0.3) is 0 Å². The van der Waals surface area contributed by atoms with Gasteiger partial charge in [-0.05, 0) is 12.1 Å². The summed E-state index contributed by atoms with van der Waals surface area (Å²) < 4.78 is 13.4. The highest BCUT2D eigenvalue weighted by atomic mass is 127. The summed E-state index contributed by atoms with van der Waals surface area (Å²) in [7, 11) is 0. The van der Waals surface area contributed by atoms with E-state index in [9.17, 15) is 0 Å². The van der Waals surface area contributed by atoms with Crippen molar-refractivity contribution in [2.24, 2.45) is 0 Å². The standard InChI is InChI=1S/C14H14IO2/c1-3-5-11-7-9-13(16-11)15-14-10-8-12(17-14)6-4-2/h3-4,7-10H,1-2,5-6H2/q+1. The average molecular weight is 341 g/mol. The predicted molar refractivity (Wildman–Crippen MR) is 62.6 cm³/mol. The molecule has 17 heavy (non-hydrogen) atoms. The van der Waals surface area contributed by atoms with Crippen LogP contribution in [0.1, 0.15) is 11.5 Å². The maximum atomic E-state index is 5.69. The Kier molecular flexibility index (Phi) is 4.25. The predicted octanol–water partition coefficient (Wildman–Crippen LogP) is 0.458. The molecule has 2 aromatic heterocycles. The molecular weight excluding hydrogens is 327 g/mol. The average Bonchev–Trinajstić information content (AvgIpc) is 2.91. The molecule has 0 N–H and O–H groups in total. The van der Waals surface area contributed by atoms with Crippen LogP contribution in [0.3, 0.4) is 0 Å². The fourth-order valence-corrected chi connectivity index (χ4v) is 3.43. The minimum atomic E-state index is -0.354. The molecule has 0 aromatic carbocycles. The topological polar surface area (TPSA) is 26.3 Å². The molecule has 88 valence electrons. The third kappa shape index (κ3) is 3.36. The van der Waals surface area contributed by atoms with Crippen molar-refractivity contribution in [1.82, 2.24) is 0 Å². The van der Waals surface area contributed by atoms with Crippen molar-refractivity contribution >= 4 is 0 Å². The fraction of sp³-hybridized carbons (Fsp3) is 0.143. The van der Waals surface area contributed by atoms with Gasteiger partial charge >= 0.3 is 28.7 Å². The maximum Gasteiger partial charge on any atom is 0.442 e. The van der Waals surface area contributed by atoms with Gasteiger partial charge in [0, 0.05) is 25.0 Å². The Bertz CT molecular complexity index is 462. The first-order valence-corrected chi connectivity index (χ1v) is 7.51. The summed E-state index contributed by atoms with van der Waals surface area (Å²) in [5, 5.41) is 0. The molecule has 0 fully saturated rings. The molecule has 0 spiro atoms. The number of hydrogen-bond acceptors (Lipinski definition) is 2. The normalized spacial score (nSPS) is 10.4. The first-order valence-electron chi connectivity index (χ1n) is 5.36. The van der Waals surface area contributed by atoms with Crippen LogP contribution >= 0.6 is 0 Å². The number of rotatable bonds is 6. The smallest absolute Gasteiger partial charge is 0.423 e. The molecule has 0 radical (unpaired) electrons. The fourth-order valence-electron chi connectivity index (χ4n) is 1.40. The third-order valence-electron chi connectivity index (χ3n) is 2.14. The van der Waals surface area contributed by atoms with E-state index in [1.807, 2.05) is 36.4 Å². The van der Waals surface area contributed by atoms with Crippen LogP contribution in [0.25, 0.3) is 0 Å². The van der Waals surface area contributed by atoms with Crippen molar-refractivity contribution in [3.8, 4) is 0 Å². The van der Waals surface area contributed by atoms with Gasteiger partial charge < -0.3 is 8.83 Å². The van der Waals surface area contributed by atoms with E-state index in [0.29, 0.717) is 0 Å². The quantitative estimate of drug-likeness (QED) is 0.564. The second kappa shape index (κ2) is 5.91. The van der Waals surface area contributed by atoms with Gasteiger partial charge in [-0.3, -0.25) is 0 Å². The maximum absolute atomic E-state index is 5.69. The summed E-state index contributed by atoms with van der Waals surface area (Å²) in [5.41, 5.74) is 0. The van der Waals surface area contributed by atoms with E-state index in [4.69, 9.17) is 8.83 Å². The van der Waals surface area contributed by atoms with Crippen LogP contribution in [0.4, 0.5) is 0 Å². The lowest BCUT2D eigenvalue weighted by Gasteiger charge is -1.84. The number of furan rings is 2. The summed E-state index contributed by atoms with van der Waals surface area (Å²) >= 11 is -0.354. The molecule has 0 aliphatic rings. The van der Waals surface area contributed by atoms with E-state index >= 15 is 0 Å². The van der Waals surface area contributed by atoms with Crippen LogP contribution in [0.15, 0.2) is 58.4 Å². The Hall–Kier alpha value is -1.23. The second-order valence-corrected chi connectivity index (χ2v) is 6.16. The largest absolute Gasteiger partial charge is 0.442 e. The van der Waals surface area contributed by atoms with Gasteiger partial charge in [0.2, 0.25) is 0 Å². The highest BCUT2D eigenvalue weighted by Gasteiger charge is 2.24. The number of halogens is 1. The lowest BCUT2D eigenvalue weighted by Crippen LogP contribution is -3.61. The molecule has 2 rings (SSSR count). The Labute approximate surface area is 111 Å². The molecule has 0 amide bonds. The second-order valence-electron chi connectivity index (χ2n) is 3.49. The monoisotopic (exact) mass is 341 g/mol. The SMILES string of the molecule is C=CCc1ccc([I+]c2ccc(CC=C)o2)o1. The van der Waals surface area contributed by atoms with E-state index < -0.39 is 0 Å². The molecule has 0 aliphatic heterocycles. The van der Waals surface area contributed by atoms with E-state index in [0.717, 1.165) is 31.9 Å². The Morgan fingerprint density at radius 3 is 1.76 bits per heavy atom. The van der Waals surface area contributed by atoms with Crippen molar-refractivity contribution in [3.05, 3.63) is 68.6 Å². The molecule has 0 aliphatic carbocycles. The lowest BCUT2D eigenvalue weighted by molar-refractivity contribution is -0.636. The highest BCUT2D eigenvalue weighted by Crippen LogP contribution is 2.03. The third-order valence-corrected chi connectivity index (χ3v) is 4.36. The Morgan fingerprint density at radius 2 is 1.35 bits per heavy atom. The van der Waals surface area contributed by atoms with Crippen molar-refractivity contribution in [1.29, 1.82) is 0 Å². The van der Waals surface area contributed by atoms with Crippen LogP contribution in [-0.4, -0.2) is 0 Å². The molecule has 2 heterocycles. The summed E-state index contributed by atoms with van der Waals surface area (Å²) in [4.78, 5) is 0. The highest BCUT2D eigenvalue weighted by molar-refractivity contribution is 5.03. The van der Waals surface area contributed by atoms with Crippen LogP contribution in [-0.2, 0) is 12.8 Å².